The third-order valence-corrected chi connectivity index (χ3v) is 8.75. The quantitative estimate of drug-likeness (QED) is 0.137. The number of nitrogens with zero attached hydrogens (tertiary/aromatic N) is 5. The zero-order valence-electron chi connectivity index (χ0n) is 26.3. The van der Waals surface area contributed by atoms with Crippen LogP contribution in [0.1, 0.15) is 55.0 Å². The zero-order chi connectivity index (χ0) is 33.1. The lowest BCUT2D eigenvalue weighted by Gasteiger charge is -2.27. The molecule has 0 aliphatic rings. The Balaban J connectivity index is 1.38. The highest BCUT2D eigenvalue weighted by molar-refractivity contribution is 9.10. The van der Waals surface area contributed by atoms with E-state index in [1.165, 1.54) is 24.3 Å². The van der Waals surface area contributed by atoms with Gasteiger partial charge in [0.2, 0.25) is 0 Å². The van der Waals surface area contributed by atoms with Crippen LogP contribution >= 0.6 is 15.9 Å². The van der Waals surface area contributed by atoms with Gasteiger partial charge in [0.25, 0.3) is 0 Å². The fourth-order valence-electron chi connectivity index (χ4n) is 5.72. The summed E-state index contributed by atoms with van der Waals surface area (Å²) in [5, 5.41) is 5.55. The van der Waals surface area contributed by atoms with Crippen LogP contribution in [0.3, 0.4) is 0 Å². The third-order valence-electron chi connectivity index (χ3n) is 8.25. The predicted octanol–water partition coefficient (Wildman–Crippen LogP) is 9.48. The van der Waals surface area contributed by atoms with Gasteiger partial charge in [-0.2, -0.15) is 5.10 Å². The number of aryl methyl sites for hydroxylation is 1. The first kappa shape index (κ1) is 32.0. The van der Waals surface area contributed by atoms with E-state index in [4.69, 9.17) is 14.8 Å². The number of aromatic nitrogens is 6. The van der Waals surface area contributed by atoms with Crippen molar-refractivity contribution >= 4 is 32.9 Å². The van der Waals surface area contributed by atoms with Crippen LogP contribution in [-0.4, -0.2) is 29.7 Å². The number of H-pyrrole nitrogens is 1. The Kier molecular flexibility index (Phi) is 9.13. The van der Waals surface area contributed by atoms with Gasteiger partial charge in [0, 0.05) is 52.9 Å². The van der Waals surface area contributed by atoms with E-state index in [9.17, 15) is 0 Å². The van der Waals surface area contributed by atoms with Crippen molar-refractivity contribution in [2.75, 3.05) is 0 Å². The van der Waals surface area contributed by atoms with Crippen molar-refractivity contribution < 1.29 is 13.5 Å². The van der Waals surface area contributed by atoms with Crippen LogP contribution in [0.2, 0.25) is 0 Å². The van der Waals surface area contributed by atoms with Crippen molar-refractivity contribution in [3.63, 3.8) is 0 Å². The topological polar surface area (TPSA) is 81.5 Å². The van der Waals surface area contributed by atoms with E-state index in [1.807, 2.05) is 55.5 Å². The Morgan fingerprint density at radius 2 is 1.91 bits per heavy atom. The molecular formula is C37H33BrF2N6O. The van der Waals surface area contributed by atoms with Crippen LogP contribution in [0.25, 0.3) is 28.4 Å². The van der Waals surface area contributed by atoms with E-state index in [0.29, 0.717) is 34.8 Å². The molecule has 47 heavy (non-hydrogen) atoms. The predicted molar refractivity (Wildman–Crippen MR) is 184 cm³/mol. The van der Waals surface area contributed by atoms with Crippen molar-refractivity contribution in [3.8, 4) is 22.9 Å². The molecule has 7 nitrogen and oxygen atoms in total. The molecule has 0 bridgehead atoms. The number of aromatic amines is 1. The van der Waals surface area contributed by atoms with Crippen LogP contribution in [0, 0.1) is 11.6 Å². The Morgan fingerprint density at radius 1 is 1.06 bits per heavy atom. The second-order valence-electron chi connectivity index (χ2n) is 11.5. The first-order chi connectivity index (χ1) is 22.7. The smallest absolute Gasteiger partial charge is 0.168 e. The fourth-order valence-corrected chi connectivity index (χ4v) is 6.12. The van der Waals surface area contributed by atoms with Crippen LogP contribution < -0.4 is 4.74 Å². The first-order valence-corrected chi connectivity index (χ1v) is 16.0. The normalized spacial score (nSPS) is 12.9. The molecule has 0 saturated carbocycles. The van der Waals surface area contributed by atoms with E-state index >= 15 is 8.78 Å². The monoisotopic (exact) mass is 694 g/mol. The Labute approximate surface area is 280 Å². The molecule has 3 aromatic carbocycles. The molecule has 0 amide bonds. The van der Waals surface area contributed by atoms with Gasteiger partial charge >= 0.3 is 0 Å². The molecule has 0 aliphatic carbocycles. The van der Waals surface area contributed by atoms with Gasteiger partial charge in [-0.1, -0.05) is 40.2 Å². The SMILES string of the molecule is C=CCCC(C)(c1cccc(Br)c1)c1nc(-c2cc(Oc3c(F)cc4[nH]ccc4c3Cc3cnc(/C=C/C)cn3)ccc2F)n(C)n1. The lowest BCUT2D eigenvalue weighted by atomic mass is 9.78. The second kappa shape index (κ2) is 13.4. The molecule has 1 N–H and O–H groups in total. The molecule has 0 spiro atoms. The molecule has 0 aliphatic heterocycles. The minimum absolute atomic E-state index is 0.0271. The summed E-state index contributed by atoms with van der Waals surface area (Å²) in [6.45, 7) is 7.88. The summed E-state index contributed by atoms with van der Waals surface area (Å²) in [4.78, 5) is 16.9. The van der Waals surface area contributed by atoms with E-state index < -0.39 is 17.0 Å². The maximum absolute atomic E-state index is 15.7. The van der Waals surface area contributed by atoms with Crippen LogP contribution in [0.5, 0.6) is 11.5 Å². The summed E-state index contributed by atoms with van der Waals surface area (Å²) in [6.07, 6.45) is 12.4. The second-order valence-corrected chi connectivity index (χ2v) is 12.4. The maximum atomic E-state index is 15.7. The minimum atomic E-state index is -0.573. The van der Waals surface area contributed by atoms with E-state index in [0.717, 1.165) is 27.5 Å². The Bertz CT molecular complexity index is 2100. The lowest BCUT2D eigenvalue weighted by Crippen LogP contribution is -2.25. The number of fused-ring (bicyclic) bond motifs is 1. The van der Waals surface area contributed by atoms with Gasteiger partial charge in [-0.3, -0.25) is 9.97 Å². The van der Waals surface area contributed by atoms with Crippen LogP contribution in [0.15, 0.2) is 96.4 Å². The van der Waals surface area contributed by atoms with Crippen molar-refractivity contribution in [3.05, 3.63) is 136 Å². The molecule has 0 saturated heterocycles. The van der Waals surface area contributed by atoms with Gasteiger partial charge in [0.05, 0.1) is 28.6 Å². The Morgan fingerprint density at radius 3 is 2.66 bits per heavy atom. The van der Waals surface area contributed by atoms with E-state index in [-0.39, 0.29) is 23.5 Å². The summed E-state index contributed by atoms with van der Waals surface area (Å²) in [7, 11) is 1.73. The molecule has 6 aromatic rings. The molecule has 10 heteroatoms. The lowest BCUT2D eigenvalue weighted by molar-refractivity contribution is 0.437. The number of ether oxygens (including phenoxy) is 1. The number of benzene rings is 3. The number of halogens is 3. The van der Waals surface area contributed by atoms with E-state index in [1.54, 1.807) is 30.3 Å². The number of hydrogen-bond donors (Lipinski definition) is 1. The summed E-state index contributed by atoms with van der Waals surface area (Å²) in [5.41, 5.74) is 3.21. The zero-order valence-corrected chi connectivity index (χ0v) is 27.9. The average molecular weight is 696 g/mol. The molecule has 0 fully saturated rings. The number of hydrogen-bond acceptors (Lipinski definition) is 5. The molecule has 3 heterocycles. The number of allylic oxidation sites excluding steroid dienone is 2. The van der Waals surface area contributed by atoms with Gasteiger partial charge in [-0.15, -0.1) is 6.58 Å². The first-order valence-electron chi connectivity index (χ1n) is 15.2. The van der Waals surface area contributed by atoms with Crippen molar-refractivity contribution in [1.82, 2.24) is 29.7 Å². The number of rotatable bonds is 11. The third kappa shape index (κ3) is 6.51. The van der Waals surface area contributed by atoms with Gasteiger partial charge < -0.3 is 9.72 Å². The minimum Gasteiger partial charge on any atom is -0.454 e. The molecule has 0 radical (unpaired) electrons. The van der Waals surface area contributed by atoms with Crippen LogP contribution in [0.4, 0.5) is 8.78 Å². The Hall–Kier alpha value is -4.96. The highest BCUT2D eigenvalue weighted by Gasteiger charge is 2.34. The molecular weight excluding hydrogens is 662 g/mol. The summed E-state index contributed by atoms with van der Waals surface area (Å²) >= 11 is 3.58. The molecule has 1 atom stereocenters. The number of nitrogens with one attached hydrogen (secondary N) is 1. The van der Waals surface area contributed by atoms with Gasteiger partial charge in [0.1, 0.15) is 11.6 Å². The standard InChI is InChI=1S/C37H33BrF2N6O/c1-5-7-15-37(3,23-10-8-11-24(38)17-23)36-44-35(46(4)45-36)30-19-27(12-13-31(30)39)47-34-29(28-14-16-41-33(28)20-32(34)40)18-26-22-42-25(9-6-2)21-43-26/h5-6,8-14,16-17,19-22,41H,1,7,15,18H2,2-4H3/b9-6+. The summed E-state index contributed by atoms with van der Waals surface area (Å²) in [5.74, 6) is 0.0749. The highest BCUT2D eigenvalue weighted by atomic mass is 79.9. The highest BCUT2D eigenvalue weighted by Crippen LogP contribution is 2.39. The molecule has 3 aromatic heterocycles. The van der Waals surface area contributed by atoms with E-state index in [2.05, 4.69) is 44.4 Å². The van der Waals surface area contributed by atoms with Crippen molar-refractivity contribution in [1.29, 1.82) is 0 Å². The van der Waals surface area contributed by atoms with Crippen LogP contribution in [-0.2, 0) is 18.9 Å². The fraction of sp³-hybridized carbons (Fsp3) is 0.189. The molecule has 238 valence electrons. The average Bonchev–Trinajstić information content (AvgIpc) is 3.70. The van der Waals surface area contributed by atoms with Crippen molar-refractivity contribution in [2.45, 2.75) is 38.5 Å². The van der Waals surface area contributed by atoms with Gasteiger partial charge in [-0.25, -0.2) is 18.4 Å². The summed E-state index contributed by atoms with van der Waals surface area (Å²) in [6, 6.07) is 15.6. The maximum Gasteiger partial charge on any atom is 0.168 e. The van der Waals surface area contributed by atoms with Gasteiger partial charge in [0.15, 0.2) is 23.2 Å². The summed E-state index contributed by atoms with van der Waals surface area (Å²) < 4.78 is 39.9. The van der Waals surface area contributed by atoms with Gasteiger partial charge in [-0.05, 0) is 74.7 Å². The molecule has 1 unspecified atom stereocenters. The largest absolute Gasteiger partial charge is 0.454 e. The van der Waals surface area contributed by atoms with Crippen molar-refractivity contribution in [2.24, 2.45) is 7.05 Å². The molecule has 6 rings (SSSR count).